The highest BCUT2D eigenvalue weighted by Gasteiger charge is 2.25. The Balaban J connectivity index is 1.91. The fourth-order valence-electron chi connectivity index (χ4n) is 3.55. The summed E-state index contributed by atoms with van der Waals surface area (Å²) in [6, 6.07) is 14.8. The molecule has 1 saturated heterocycles. The molecule has 1 heterocycles. The molecule has 0 radical (unpaired) electrons. The third kappa shape index (κ3) is 5.16. The standard InChI is InChI=1S/C22H29N3O3S/c1-3-13-23-29(27,28)21-16-19(11-12-20(21)25-14-7-8-15-25)22(26)24(2)17-18-9-5-4-6-10-18/h4-6,9-12,16,23H,3,7-8,13-15,17H2,1-2H3. The summed E-state index contributed by atoms with van der Waals surface area (Å²) in [4.78, 5) is 16.9. The zero-order valence-corrected chi connectivity index (χ0v) is 17.9. The normalized spacial score (nSPS) is 14.2. The summed E-state index contributed by atoms with van der Waals surface area (Å²) in [5, 5.41) is 0. The molecule has 1 aliphatic heterocycles. The van der Waals surface area contributed by atoms with E-state index in [0.29, 0.717) is 30.8 Å². The van der Waals surface area contributed by atoms with Gasteiger partial charge < -0.3 is 9.80 Å². The van der Waals surface area contributed by atoms with Crippen molar-refractivity contribution in [2.45, 2.75) is 37.6 Å². The third-order valence-electron chi connectivity index (χ3n) is 5.09. The molecular weight excluding hydrogens is 386 g/mol. The third-order valence-corrected chi connectivity index (χ3v) is 6.58. The lowest BCUT2D eigenvalue weighted by Crippen LogP contribution is -2.30. The Kier molecular flexibility index (Phi) is 6.92. The van der Waals surface area contributed by atoms with Crippen molar-refractivity contribution in [2.24, 2.45) is 0 Å². The largest absolute Gasteiger partial charge is 0.370 e. The molecule has 6 nitrogen and oxygen atoms in total. The molecule has 7 heteroatoms. The van der Waals surface area contributed by atoms with Gasteiger partial charge in [0.05, 0.1) is 5.69 Å². The molecule has 0 aliphatic carbocycles. The van der Waals surface area contributed by atoms with Crippen molar-refractivity contribution in [3.05, 3.63) is 59.7 Å². The molecule has 0 aromatic heterocycles. The Morgan fingerprint density at radius 3 is 2.45 bits per heavy atom. The maximum absolute atomic E-state index is 13.0. The summed E-state index contributed by atoms with van der Waals surface area (Å²) >= 11 is 0. The van der Waals surface area contributed by atoms with Crippen LogP contribution in [0, 0.1) is 0 Å². The van der Waals surface area contributed by atoms with E-state index in [0.717, 1.165) is 31.5 Å². The molecule has 0 atom stereocenters. The van der Waals surface area contributed by atoms with Crippen molar-refractivity contribution in [1.29, 1.82) is 0 Å². The van der Waals surface area contributed by atoms with E-state index in [4.69, 9.17) is 0 Å². The van der Waals surface area contributed by atoms with Crippen LogP contribution in [0.1, 0.15) is 42.1 Å². The first kappa shape index (κ1) is 21.3. The second-order valence-electron chi connectivity index (χ2n) is 7.42. The number of anilines is 1. The first-order valence-electron chi connectivity index (χ1n) is 10.1. The summed E-state index contributed by atoms with van der Waals surface area (Å²) in [5.41, 5.74) is 2.08. The highest BCUT2D eigenvalue weighted by molar-refractivity contribution is 7.89. The van der Waals surface area contributed by atoms with E-state index in [1.165, 1.54) is 6.07 Å². The lowest BCUT2D eigenvalue weighted by Gasteiger charge is -2.23. The van der Waals surface area contributed by atoms with Crippen molar-refractivity contribution in [1.82, 2.24) is 9.62 Å². The average Bonchev–Trinajstić information content (AvgIpc) is 3.27. The van der Waals surface area contributed by atoms with E-state index in [9.17, 15) is 13.2 Å². The molecular formula is C22H29N3O3S. The molecule has 0 saturated carbocycles. The minimum absolute atomic E-state index is 0.187. The van der Waals surface area contributed by atoms with E-state index in [2.05, 4.69) is 9.62 Å². The van der Waals surface area contributed by atoms with Crippen LogP contribution in [0.3, 0.4) is 0 Å². The summed E-state index contributed by atoms with van der Waals surface area (Å²) in [6.45, 7) is 4.41. The molecule has 2 aromatic rings. The SMILES string of the molecule is CCCNS(=O)(=O)c1cc(C(=O)N(C)Cc2ccccc2)ccc1N1CCCC1. The molecule has 0 unspecified atom stereocenters. The second kappa shape index (κ2) is 9.41. The molecule has 1 fully saturated rings. The topological polar surface area (TPSA) is 69.7 Å². The Morgan fingerprint density at radius 1 is 1.10 bits per heavy atom. The van der Waals surface area contributed by atoms with E-state index in [-0.39, 0.29) is 10.8 Å². The van der Waals surface area contributed by atoms with Gasteiger partial charge in [0.1, 0.15) is 4.90 Å². The first-order chi connectivity index (χ1) is 13.9. The number of rotatable bonds is 8. The van der Waals surface area contributed by atoms with Gasteiger partial charge in [-0.25, -0.2) is 13.1 Å². The van der Waals surface area contributed by atoms with Crippen LogP contribution in [0.25, 0.3) is 0 Å². The average molecular weight is 416 g/mol. The number of sulfonamides is 1. The molecule has 1 N–H and O–H groups in total. The Labute approximate surface area is 173 Å². The van der Waals surface area contributed by atoms with E-state index in [1.54, 1.807) is 24.1 Å². The highest BCUT2D eigenvalue weighted by atomic mass is 32.2. The van der Waals surface area contributed by atoms with Gasteiger partial charge in [0.25, 0.3) is 5.91 Å². The predicted octanol–water partition coefficient (Wildman–Crippen LogP) is 3.25. The number of hydrogen-bond acceptors (Lipinski definition) is 4. The zero-order chi connectivity index (χ0) is 20.9. The van der Waals surface area contributed by atoms with Crippen LogP contribution in [0.5, 0.6) is 0 Å². The van der Waals surface area contributed by atoms with Crippen LogP contribution in [-0.4, -0.2) is 45.9 Å². The van der Waals surface area contributed by atoms with Crippen LogP contribution in [0.15, 0.2) is 53.4 Å². The van der Waals surface area contributed by atoms with Crippen molar-refractivity contribution < 1.29 is 13.2 Å². The minimum Gasteiger partial charge on any atom is -0.370 e. The van der Waals surface area contributed by atoms with Gasteiger partial charge in [-0.3, -0.25) is 4.79 Å². The Morgan fingerprint density at radius 2 is 1.79 bits per heavy atom. The maximum Gasteiger partial charge on any atom is 0.253 e. The smallest absolute Gasteiger partial charge is 0.253 e. The number of amides is 1. The van der Waals surface area contributed by atoms with Gasteiger partial charge in [0, 0.05) is 38.8 Å². The van der Waals surface area contributed by atoms with Crippen molar-refractivity contribution in [3.63, 3.8) is 0 Å². The highest BCUT2D eigenvalue weighted by Crippen LogP contribution is 2.29. The second-order valence-corrected chi connectivity index (χ2v) is 9.16. The quantitative estimate of drug-likeness (QED) is 0.719. The minimum atomic E-state index is -3.69. The molecule has 156 valence electrons. The fraction of sp³-hybridized carbons (Fsp3) is 0.409. The van der Waals surface area contributed by atoms with Gasteiger partial charge in [0.2, 0.25) is 10.0 Å². The molecule has 0 spiro atoms. The monoisotopic (exact) mass is 415 g/mol. The molecule has 1 aliphatic rings. The number of nitrogens with zero attached hydrogens (tertiary/aromatic N) is 2. The fourth-order valence-corrected chi connectivity index (χ4v) is 4.93. The van der Waals surface area contributed by atoms with Crippen LogP contribution < -0.4 is 9.62 Å². The number of nitrogens with one attached hydrogen (secondary N) is 1. The summed E-state index contributed by atoms with van der Waals surface area (Å²) < 4.78 is 28.5. The Bertz CT molecular complexity index is 939. The number of hydrogen-bond donors (Lipinski definition) is 1. The van der Waals surface area contributed by atoms with Crippen LogP contribution in [0.4, 0.5) is 5.69 Å². The molecule has 1 amide bonds. The number of carbonyl (C=O) groups is 1. The van der Waals surface area contributed by atoms with Crippen molar-refractivity contribution in [2.75, 3.05) is 31.6 Å². The van der Waals surface area contributed by atoms with Crippen LogP contribution >= 0.6 is 0 Å². The van der Waals surface area contributed by atoms with Crippen molar-refractivity contribution >= 4 is 21.6 Å². The first-order valence-corrected chi connectivity index (χ1v) is 11.6. The molecule has 3 rings (SSSR count). The van der Waals surface area contributed by atoms with Gasteiger partial charge in [-0.2, -0.15) is 0 Å². The van der Waals surface area contributed by atoms with Crippen LogP contribution in [-0.2, 0) is 16.6 Å². The molecule has 0 bridgehead atoms. The van der Waals surface area contributed by atoms with Gasteiger partial charge in [-0.1, -0.05) is 37.3 Å². The predicted molar refractivity (Wildman–Crippen MR) is 116 cm³/mol. The lowest BCUT2D eigenvalue weighted by molar-refractivity contribution is 0.0785. The number of carbonyl (C=O) groups excluding carboxylic acids is 1. The summed E-state index contributed by atoms with van der Waals surface area (Å²) in [7, 11) is -1.96. The van der Waals surface area contributed by atoms with Gasteiger partial charge in [-0.15, -0.1) is 0 Å². The van der Waals surface area contributed by atoms with E-state index >= 15 is 0 Å². The zero-order valence-electron chi connectivity index (χ0n) is 17.1. The van der Waals surface area contributed by atoms with Gasteiger partial charge in [-0.05, 0) is 43.0 Å². The molecule has 29 heavy (non-hydrogen) atoms. The summed E-state index contributed by atoms with van der Waals surface area (Å²) in [5.74, 6) is -0.200. The van der Waals surface area contributed by atoms with Crippen molar-refractivity contribution in [3.8, 4) is 0 Å². The Hall–Kier alpha value is -2.38. The van der Waals surface area contributed by atoms with Crippen LogP contribution in [0.2, 0.25) is 0 Å². The van der Waals surface area contributed by atoms with E-state index < -0.39 is 10.0 Å². The molecule has 2 aromatic carbocycles. The number of benzene rings is 2. The van der Waals surface area contributed by atoms with Gasteiger partial charge >= 0.3 is 0 Å². The van der Waals surface area contributed by atoms with Gasteiger partial charge in [0.15, 0.2) is 0 Å². The van der Waals surface area contributed by atoms with E-state index in [1.807, 2.05) is 37.3 Å². The summed E-state index contributed by atoms with van der Waals surface area (Å²) in [6.07, 6.45) is 2.79. The maximum atomic E-state index is 13.0. The lowest BCUT2D eigenvalue weighted by atomic mass is 10.1.